The van der Waals surface area contributed by atoms with E-state index in [0.717, 1.165) is 0 Å². The lowest BCUT2D eigenvalue weighted by Crippen LogP contribution is -2.17. The van der Waals surface area contributed by atoms with Crippen molar-refractivity contribution in [2.24, 2.45) is 0 Å². The molecule has 0 aliphatic heterocycles. The number of carbonyl (C=O) groups is 1. The van der Waals surface area contributed by atoms with E-state index >= 15 is 0 Å². The van der Waals surface area contributed by atoms with E-state index in [1.807, 2.05) is 0 Å². The zero-order valence-electron chi connectivity index (χ0n) is 6.29. The SMILES string of the molecule is [CH2]c1cc(C(=O)NC)ccn1. The van der Waals surface area contributed by atoms with Gasteiger partial charge in [0.2, 0.25) is 0 Å². The molecule has 3 heteroatoms. The average Bonchev–Trinajstić information content (AvgIpc) is 2.03. The number of hydrogen-bond acceptors (Lipinski definition) is 2. The second kappa shape index (κ2) is 3.14. The molecule has 3 nitrogen and oxygen atoms in total. The van der Waals surface area contributed by atoms with Gasteiger partial charge < -0.3 is 5.32 Å². The van der Waals surface area contributed by atoms with Crippen LogP contribution in [0.4, 0.5) is 0 Å². The van der Waals surface area contributed by atoms with Crippen LogP contribution in [-0.4, -0.2) is 17.9 Å². The Balaban J connectivity index is 2.96. The number of nitrogens with one attached hydrogen (secondary N) is 1. The molecule has 1 heterocycles. The van der Waals surface area contributed by atoms with Crippen molar-refractivity contribution in [3.63, 3.8) is 0 Å². The summed E-state index contributed by atoms with van der Waals surface area (Å²) in [5, 5.41) is 2.51. The molecule has 0 aromatic carbocycles. The molecule has 0 fully saturated rings. The number of aromatic nitrogens is 1. The van der Waals surface area contributed by atoms with E-state index in [2.05, 4.69) is 17.2 Å². The van der Waals surface area contributed by atoms with Gasteiger partial charge in [-0.25, -0.2) is 0 Å². The number of pyridine rings is 1. The Morgan fingerprint density at radius 2 is 2.45 bits per heavy atom. The van der Waals surface area contributed by atoms with Crippen molar-refractivity contribution in [1.82, 2.24) is 10.3 Å². The van der Waals surface area contributed by atoms with Gasteiger partial charge in [0.25, 0.3) is 5.91 Å². The van der Waals surface area contributed by atoms with Crippen LogP contribution in [0.1, 0.15) is 16.1 Å². The van der Waals surface area contributed by atoms with Gasteiger partial charge >= 0.3 is 0 Å². The van der Waals surface area contributed by atoms with Gasteiger partial charge in [-0.2, -0.15) is 0 Å². The Kier molecular flexibility index (Phi) is 2.21. The molecule has 0 unspecified atom stereocenters. The van der Waals surface area contributed by atoms with E-state index in [0.29, 0.717) is 11.3 Å². The third-order valence-corrected chi connectivity index (χ3v) is 1.31. The summed E-state index contributed by atoms with van der Waals surface area (Å²) >= 11 is 0. The van der Waals surface area contributed by atoms with E-state index in [9.17, 15) is 4.79 Å². The molecule has 0 saturated carbocycles. The molecule has 1 rings (SSSR count). The van der Waals surface area contributed by atoms with Gasteiger partial charge in [0, 0.05) is 24.5 Å². The minimum Gasteiger partial charge on any atom is -0.355 e. The van der Waals surface area contributed by atoms with Crippen LogP contribution < -0.4 is 5.32 Å². The second-order valence-electron chi connectivity index (χ2n) is 2.11. The standard InChI is InChI=1S/C8H9N2O/c1-6-5-7(3-4-10-6)8(11)9-2/h3-5H,1H2,2H3,(H,9,11). The minimum absolute atomic E-state index is 0.114. The van der Waals surface area contributed by atoms with Crippen molar-refractivity contribution >= 4 is 5.91 Å². The van der Waals surface area contributed by atoms with E-state index in [1.165, 1.54) is 0 Å². The first-order chi connectivity index (χ1) is 5.24. The summed E-state index contributed by atoms with van der Waals surface area (Å²) in [6.07, 6.45) is 1.56. The van der Waals surface area contributed by atoms with E-state index < -0.39 is 0 Å². The first-order valence-electron chi connectivity index (χ1n) is 3.24. The summed E-state index contributed by atoms with van der Waals surface area (Å²) in [7, 11) is 1.59. The minimum atomic E-state index is -0.114. The molecule has 0 bridgehead atoms. The van der Waals surface area contributed by atoms with Crippen molar-refractivity contribution in [2.75, 3.05) is 7.05 Å². The summed E-state index contributed by atoms with van der Waals surface area (Å²) < 4.78 is 0. The maximum absolute atomic E-state index is 11.0. The van der Waals surface area contributed by atoms with Crippen LogP contribution in [-0.2, 0) is 0 Å². The fourth-order valence-electron chi connectivity index (χ4n) is 0.764. The number of hydrogen-bond donors (Lipinski definition) is 1. The van der Waals surface area contributed by atoms with Crippen LogP contribution in [0.5, 0.6) is 0 Å². The van der Waals surface area contributed by atoms with Gasteiger partial charge in [-0.05, 0) is 19.1 Å². The predicted octanol–water partition coefficient (Wildman–Crippen LogP) is 0.623. The molecular formula is C8H9N2O. The van der Waals surface area contributed by atoms with Gasteiger partial charge in [0.1, 0.15) is 0 Å². The highest BCUT2D eigenvalue weighted by molar-refractivity contribution is 5.93. The molecule has 0 spiro atoms. The Hall–Kier alpha value is -1.38. The van der Waals surface area contributed by atoms with Gasteiger partial charge in [-0.15, -0.1) is 0 Å². The third-order valence-electron chi connectivity index (χ3n) is 1.31. The quantitative estimate of drug-likeness (QED) is 0.636. The van der Waals surface area contributed by atoms with Crippen molar-refractivity contribution < 1.29 is 4.79 Å². The molecule has 0 aliphatic rings. The Labute approximate surface area is 65.5 Å². The average molecular weight is 149 g/mol. The lowest BCUT2D eigenvalue weighted by Gasteiger charge is -1.98. The smallest absolute Gasteiger partial charge is 0.251 e. The topological polar surface area (TPSA) is 42.0 Å². The van der Waals surface area contributed by atoms with Crippen molar-refractivity contribution in [2.45, 2.75) is 0 Å². The van der Waals surface area contributed by atoms with Crippen LogP contribution in [0.25, 0.3) is 0 Å². The molecule has 11 heavy (non-hydrogen) atoms. The maximum atomic E-state index is 11.0. The zero-order chi connectivity index (χ0) is 8.27. The highest BCUT2D eigenvalue weighted by atomic mass is 16.1. The highest BCUT2D eigenvalue weighted by Crippen LogP contribution is 1.99. The number of carbonyl (C=O) groups excluding carboxylic acids is 1. The molecule has 1 amide bonds. The first kappa shape index (κ1) is 7.72. The number of amides is 1. The summed E-state index contributed by atoms with van der Waals surface area (Å²) in [5.74, 6) is -0.114. The molecule has 1 radical (unpaired) electrons. The summed E-state index contributed by atoms with van der Waals surface area (Å²) in [6.45, 7) is 3.61. The van der Waals surface area contributed by atoms with E-state index in [1.54, 1.807) is 25.4 Å². The van der Waals surface area contributed by atoms with Crippen LogP contribution in [0.15, 0.2) is 18.3 Å². The normalized spacial score (nSPS) is 9.27. The molecule has 57 valence electrons. The lowest BCUT2D eigenvalue weighted by atomic mass is 10.2. The molecular weight excluding hydrogens is 140 g/mol. The fourth-order valence-corrected chi connectivity index (χ4v) is 0.764. The molecule has 1 aromatic heterocycles. The van der Waals surface area contributed by atoms with Gasteiger partial charge in [-0.3, -0.25) is 9.78 Å². The number of rotatable bonds is 1. The molecule has 1 aromatic rings. The van der Waals surface area contributed by atoms with Gasteiger partial charge in [0.15, 0.2) is 0 Å². The molecule has 0 atom stereocenters. The molecule has 0 saturated heterocycles. The molecule has 1 N–H and O–H groups in total. The third kappa shape index (κ3) is 1.77. The largest absolute Gasteiger partial charge is 0.355 e. The van der Waals surface area contributed by atoms with E-state index in [-0.39, 0.29) is 5.91 Å². The Bertz CT molecular complexity index is 271. The molecule has 0 aliphatic carbocycles. The highest BCUT2D eigenvalue weighted by Gasteiger charge is 2.01. The summed E-state index contributed by atoms with van der Waals surface area (Å²) in [4.78, 5) is 14.9. The van der Waals surface area contributed by atoms with Crippen molar-refractivity contribution in [3.05, 3.63) is 36.5 Å². The van der Waals surface area contributed by atoms with Crippen molar-refractivity contribution in [1.29, 1.82) is 0 Å². The van der Waals surface area contributed by atoms with Gasteiger partial charge in [0.05, 0.1) is 0 Å². The maximum Gasteiger partial charge on any atom is 0.251 e. The van der Waals surface area contributed by atoms with Crippen LogP contribution in [0.3, 0.4) is 0 Å². The predicted molar refractivity (Wildman–Crippen MR) is 42.1 cm³/mol. The van der Waals surface area contributed by atoms with Gasteiger partial charge in [-0.1, -0.05) is 0 Å². The van der Waals surface area contributed by atoms with Crippen LogP contribution in [0.2, 0.25) is 0 Å². The lowest BCUT2D eigenvalue weighted by molar-refractivity contribution is 0.0963. The zero-order valence-corrected chi connectivity index (χ0v) is 6.29. The van der Waals surface area contributed by atoms with Crippen LogP contribution in [0, 0.1) is 6.92 Å². The Morgan fingerprint density at radius 1 is 1.73 bits per heavy atom. The van der Waals surface area contributed by atoms with Crippen molar-refractivity contribution in [3.8, 4) is 0 Å². The summed E-state index contributed by atoms with van der Waals surface area (Å²) in [6, 6.07) is 3.28. The first-order valence-corrected chi connectivity index (χ1v) is 3.24. The number of nitrogens with zero attached hydrogens (tertiary/aromatic N) is 1. The van der Waals surface area contributed by atoms with E-state index in [4.69, 9.17) is 0 Å². The van der Waals surface area contributed by atoms with Crippen LogP contribution >= 0.6 is 0 Å². The summed E-state index contributed by atoms with van der Waals surface area (Å²) in [5.41, 5.74) is 1.19. The fraction of sp³-hybridized carbons (Fsp3) is 0.125. The second-order valence-corrected chi connectivity index (χ2v) is 2.11. The monoisotopic (exact) mass is 149 g/mol. The Morgan fingerprint density at radius 3 is 3.00 bits per heavy atom.